The third-order valence-corrected chi connectivity index (χ3v) is 4.36. The van der Waals surface area contributed by atoms with Crippen LogP contribution in [0.3, 0.4) is 0 Å². The third kappa shape index (κ3) is 3.42. The molecule has 1 atom stereocenters. The second-order valence-corrected chi connectivity index (χ2v) is 6.85. The summed E-state index contributed by atoms with van der Waals surface area (Å²) in [6.45, 7) is 8.36. The average molecular weight is 327 g/mol. The first-order valence-electron chi connectivity index (χ1n) is 8.18. The lowest BCUT2D eigenvalue weighted by molar-refractivity contribution is -0.141. The maximum atomic E-state index is 13.2. The summed E-state index contributed by atoms with van der Waals surface area (Å²) in [5, 5.41) is 9.45. The molecule has 0 aromatic heterocycles. The molecule has 0 bridgehead atoms. The number of carboxylic acids is 1. The second kappa shape index (κ2) is 7.04. The largest absolute Gasteiger partial charge is 0.481 e. The predicted molar refractivity (Wildman–Crippen MR) is 96.2 cm³/mol. The molecule has 1 aliphatic heterocycles. The molecule has 2 rings (SSSR count). The number of nitrogens with zero attached hydrogens (tertiary/aromatic N) is 1. The Labute approximate surface area is 143 Å². The third-order valence-electron chi connectivity index (χ3n) is 4.36. The molecule has 24 heavy (non-hydrogen) atoms. The van der Waals surface area contributed by atoms with E-state index in [0.29, 0.717) is 13.0 Å². The average Bonchev–Trinajstić information content (AvgIpc) is 2.72. The van der Waals surface area contributed by atoms with E-state index in [1.165, 1.54) is 0 Å². The van der Waals surface area contributed by atoms with Gasteiger partial charge in [-0.15, -0.1) is 0 Å². The molecular formula is C20H25NO3. The highest BCUT2D eigenvalue weighted by atomic mass is 16.4. The lowest BCUT2D eigenvalue weighted by Crippen LogP contribution is -2.42. The molecule has 128 valence electrons. The smallest absolute Gasteiger partial charge is 0.304 e. The number of carbonyl (C=O) groups excluding carboxylic acids is 1. The van der Waals surface area contributed by atoms with Crippen molar-refractivity contribution >= 4 is 17.6 Å². The van der Waals surface area contributed by atoms with Crippen LogP contribution in [0, 0.1) is 0 Å². The first-order chi connectivity index (χ1) is 11.3. The van der Waals surface area contributed by atoms with Crippen molar-refractivity contribution in [1.82, 2.24) is 0 Å². The van der Waals surface area contributed by atoms with E-state index in [0.717, 1.165) is 22.4 Å². The number of rotatable bonds is 6. The number of amides is 1. The molecule has 0 unspecified atom stereocenters. The van der Waals surface area contributed by atoms with Gasteiger partial charge in [-0.3, -0.25) is 9.59 Å². The normalized spacial score (nSPS) is 19.0. The summed E-state index contributed by atoms with van der Waals surface area (Å²) in [5.74, 6) is -1.08. The monoisotopic (exact) mass is 327 g/mol. The van der Waals surface area contributed by atoms with Gasteiger partial charge >= 0.3 is 5.97 Å². The predicted octanol–water partition coefficient (Wildman–Crippen LogP) is 4.07. The van der Waals surface area contributed by atoms with Gasteiger partial charge in [0.05, 0.1) is 11.8 Å². The van der Waals surface area contributed by atoms with Crippen LogP contribution in [0.4, 0.5) is 5.69 Å². The van der Waals surface area contributed by atoms with Crippen molar-refractivity contribution in [3.05, 3.63) is 53.1 Å². The lowest BCUT2D eigenvalue weighted by atomic mass is 9.75. The number of allylic oxidation sites excluding steroid dienone is 3. The number of carbonyl (C=O) groups is 2. The Kier molecular flexibility index (Phi) is 5.27. The maximum Gasteiger partial charge on any atom is 0.304 e. The molecule has 0 radical (unpaired) electrons. The summed E-state index contributed by atoms with van der Waals surface area (Å²) in [5.41, 5.74) is 2.82. The number of para-hydroxylation sites is 1. The highest BCUT2D eigenvalue weighted by Gasteiger charge is 2.50. The van der Waals surface area contributed by atoms with Gasteiger partial charge in [-0.2, -0.15) is 0 Å². The Bertz CT molecular complexity index is 709. The van der Waals surface area contributed by atoms with Crippen LogP contribution >= 0.6 is 0 Å². The van der Waals surface area contributed by atoms with Crippen LogP contribution in [0.25, 0.3) is 0 Å². The number of hydrogen-bond donors (Lipinski definition) is 1. The van der Waals surface area contributed by atoms with Crippen LogP contribution in [0.1, 0.15) is 46.1 Å². The van der Waals surface area contributed by atoms with Crippen molar-refractivity contribution in [3.8, 4) is 0 Å². The van der Waals surface area contributed by atoms with Gasteiger partial charge in [-0.25, -0.2) is 0 Å². The van der Waals surface area contributed by atoms with Gasteiger partial charge in [0, 0.05) is 12.2 Å². The second-order valence-electron chi connectivity index (χ2n) is 6.85. The van der Waals surface area contributed by atoms with Gasteiger partial charge < -0.3 is 10.0 Å². The Hall–Kier alpha value is -2.36. The Balaban J connectivity index is 2.57. The van der Waals surface area contributed by atoms with Crippen LogP contribution in [0.2, 0.25) is 0 Å². The van der Waals surface area contributed by atoms with Crippen molar-refractivity contribution in [3.63, 3.8) is 0 Å². The number of carboxylic acid groups (broad SMARTS) is 1. The molecule has 1 aromatic rings. The number of hydrogen-bond acceptors (Lipinski definition) is 2. The summed E-state index contributed by atoms with van der Waals surface area (Å²) in [4.78, 5) is 26.5. The number of aliphatic carboxylic acids is 1. The van der Waals surface area contributed by atoms with Crippen LogP contribution in [-0.4, -0.2) is 23.5 Å². The molecule has 0 spiro atoms. The molecule has 0 fully saturated rings. The van der Waals surface area contributed by atoms with Crippen molar-refractivity contribution in [2.45, 2.75) is 46.0 Å². The molecule has 0 aliphatic carbocycles. The minimum Gasteiger partial charge on any atom is -0.481 e. The minimum absolute atomic E-state index is 0.124. The Morgan fingerprint density at radius 2 is 1.75 bits per heavy atom. The SMILES string of the molecule is CC(C)=CCN1C(=O)[C@](CC=C(C)C)(CC(=O)O)c2ccccc21. The molecule has 1 aliphatic rings. The molecular weight excluding hydrogens is 302 g/mol. The standard InChI is InChI=1S/C20H25NO3/c1-14(2)9-11-20(13-18(22)23)16-7-5-6-8-17(16)21(19(20)24)12-10-15(3)4/h5-10H,11-13H2,1-4H3,(H,22,23)/t20-/m1/s1. The summed E-state index contributed by atoms with van der Waals surface area (Å²) in [6.07, 6.45) is 4.16. The summed E-state index contributed by atoms with van der Waals surface area (Å²) in [6, 6.07) is 7.55. The number of anilines is 1. The van der Waals surface area contributed by atoms with E-state index in [9.17, 15) is 14.7 Å². The maximum absolute atomic E-state index is 13.2. The van der Waals surface area contributed by atoms with Gasteiger partial charge in [0.2, 0.25) is 5.91 Å². The van der Waals surface area contributed by atoms with E-state index in [-0.39, 0.29) is 12.3 Å². The van der Waals surface area contributed by atoms with Gasteiger partial charge in [-0.1, -0.05) is 41.5 Å². The zero-order chi connectivity index (χ0) is 17.9. The topological polar surface area (TPSA) is 57.6 Å². The van der Waals surface area contributed by atoms with Crippen LogP contribution in [0.5, 0.6) is 0 Å². The van der Waals surface area contributed by atoms with Gasteiger partial charge in [0.25, 0.3) is 0 Å². The van der Waals surface area contributed by atoms with Crippen LogP contribution in [0.15, 0.2) is 47.6 Å². The van der Waals surface area contributed by atoms with E-state index >= 15 is 0 Å². The van der Waals surface area contributed by atoms with E-state index < -0.39 is 11.4 Å². The van der Waals surface area contributed by atoms with Crippen LogP contribution < -0.4 is 4.90 Å². The van der Waals surface area contributed by atoms with Gasteiger partial charge in [0.15, 0.2) is 0 Å². The fourth-order valence-electron chi connectivity index (χ4n) is 3.13. The molecule has 1 heterocycles. The fourth-order valence-corrected chi connectivity index (χ4v) is 3.13. The Morgan fingerprint density at radius 3 is 2.33 bits per heavy atom. The molecule has 0 saturated carbocycles. The van der Waals surface area contributed by atoms with Gasteiger partial charge in [-0.05, 0) is 45.7 Å². The van der Waals surface area contributed by atoms with E-state index in [1.54, 1.807) is 4.90 Å². The molecule has 1 N–H and O–H groups in total. The summed E-state index contributed by atoms with van der Waals surface area (Å²) < 4.78 is 0. The summed E-state index contributed by atoms with van der Waals surface area (Å²) in [7, 11) is 0. The Morgan fingerprint density at radius 1 is 1.12 bits per heavy atom. The van der Waals surface area contributed by atoms with Crippen molar-refractivity contribution in [1.29, 1.82) is 0 Å². The van der Waals surface area contributed by atoms with Crippen molar-refractivity contribution in [2.75, 3.05) is 11.4 Å². The molecule has 1 aromatic carbocycles. The van der Waals surface area contributed by atoms with E-state index in [2.05, 4.69) is 0 Å². The number of benzene rings is 1. The lowest BCUT2D eigenvalue weighted by Gasteiger charge is -2.26. The van der Waals surface area contributed by atoms with E-state index in [4.69, 9.17) is 0 Å². The highest BCUT2D eigenvalue weighted by molar-refractivity contribution is 6.10. The van der Waals surface area contributed by atoms with Crippen LogP contribution in [-0.2, 0) is 15.0 Å². The first kappa shape index (κ1) is 18.0. The van der Waals surface area contributed by atoms with Gasteiger partial charge in [0.1, 0.15) is 0 Å². The molecule has 4 heteroatoms. The number of fused-ring (bicyclic) bond motifs is 1. The first-order valence-corrected chi connectivity index (χ1v) is 8.18. The molecule has 4 nitrogen and oxygen atoms in total. The van der Waals surface area contributed by atoms with E-state index in [1.807, 2.05) is 64.1 Å². The zero-order valence-electron chi connectivity index (χ0n) is 14.8. The zero-order valence-corrected chi connectivity index (χ0v) is 14.8. The van der Waals surface area contributed by atoms with Crippen molar-refractivity contribution < 1.29 is 14.7 Å². The fraction of sp³-hybridized carbons (Fsp3) is 0.400. The quantitative estimate of drug-likeness (QED) is 0.801. The minimum atomic E-state index is -1.02. The highest BCUT2D eigenvalue weighted by Crippen LogP contribution is 2.46. The van der Waals surface area contributed by atoms with Crippen molar-refractivity contribution in [2.24, 2.45) is 0 Å². The molecule has 0 saturated heterocycles. The summed E-state index contributed by atoms with van der Waals surface area (Å²) >= 11 is 0. The molecule has 1 amide bonds.